The summed E-state index contributed by atoms with van der Waals surface area (Å²) < 4.78 is 6.99. The van der Waals surface area contributed by atoms with Crippen LogP contribution < -0.4 is 11.1 Å². The average molecular weight is 392 g/mol. The first-order valence-corrected chi connectivity index (χ1v) is 9.48. The van der Waals surface area contributed by atoms with E-state index in [0.29, 0.717) is 12.3 Å². The number of para-hydroxylation sites is 1. The highest BCUT2D eigenvalue weighted by atomic mass is 35.5. The van der Waals surface area contributed by atoms with Gasteiger partial charge in [0.15, 0.2) is 10.8 Å². The number of carbonyl (C=O) groups excluding carboxylic acids is 1. The minimum atomic E-state index is -0.722. The molecular weight excluding hydrogens is 370 g/mol. The van der Waals surface area contributed by atoms with E-state index in [1.54, 1.807) is 11.3 Å². The molecule has 0 bridgehead atoms. The van der Waals surface area contributed by atoms with Crippen LogP contribution in [0.4, 0.5) is 0 Å². The Morgan fingerprint density at radius 3 is 2.73 bits per heavy atom. The molecule has 1 aliphatic carbocycles. The number of nitrogens with zero attached hydrogens (tertiary/aromatic N) is 1. The van der Waals surface area contributed by atoms with Crippen molar-refractivity contribution in [1.82, 2.24) is 10.3 Å². The number of rotatable bonds is 4. The van der Waals surface area contributed by atoms with Gasteiger partial charge in [-0.25, -0.2) is 4.98 Å². The molecule has 1 saturated carbocycles. The second kappa shape index (κ2) is 7.78. The van der Waals surface area contributed by atoms with E-state index < -0.39 is 5.54 Å². The number of nitrogens with one attached hydrogen (secondary N) is 1. The van der Waals surface area contributed by atoms with Crippen LogP contribution in [0.25, 0.3) is 21.0 Å². The standard InChI is InChI=1S/C19H21N3O2S.ClH/c20-19(10-4-1-5-11-19)18(23)21-12-13-8-9-15(24-13)17-22-14-6-2-3-7-16(14)25-17;/h2-3,6-9H,1,4-5,10-12,20H2,(H,21,23);1H. The highest BCUT2D eigenvalue weighted by molar-refractivity contribution is 7.21. The van der Waals surface area contributed by atoms with Crippen molar-refractivity contribution in [2.75, 3.05) is 0 Å². The molecule has 1 fully saturated rings. The van der Waals surface area contributed by atoms with E-state index in [4.69, 9.17) is 10.2 Å². The van der Waals surface area contributed by atoms with Crippen LogP contribution in [0.1, 0.15) is 37.9 Å². The van der Waals surface area contributed by atoms with Crippen molar-refractivity contribution < 1.29 is 9.21 Å². The van der Waals surface area contributed by atoms with Crippen molar-refractivity contribution in [3.05, 3.63) is 42.2 Å². The fraction of sp³-hybridized carbons (Fsp3) is 0.368. The number of benzene rings is 1. The first-order chi connectivity index (χ1) is 12.1. The predicted octanol–water partition coefficient (Wildman–Crippen LogP) is 4.26. The number of carbonyl (C=O) groups is 1. The van der Waals surface area contributed by atoms with Crippen LogP contribution in [0.15, 0.2) is 40.8 Å². The molecule has 138 valence electrons. The maximum absolute atomic E-state index is 12.4. The van der Waals surface area contributed by atoms with Crippen LogP contribution in [-0.4, -0.2) is 16.4 Å². The van der Waals surface area contributed by atoms with E-state index in [1.165, 1.54) is 0 Å². The van der Waals surface area contributed by atoms with Gasteiger partial charge in [0.25, 0.3) is 0 Å². The highest BCUT2D eigenvalue weighted by Crippen LogP contribution is 2.31. The zero-order valence-corrected chi connectivity index (χ0v) is 16.0. The molecule has 0 radical (unpaired) electrons. The van der Waals surface area contributed by atoms with Crippen molar-refractivity contribution in [1.29, 1.82) is 0 Å². The molecule has 0 aliphatic heterocycles. The topological polar surface area (TPSA) is 81.2 Å². The molecule has 3 aromatic rings. The second-order valence-electron chi connectivity index (χ2n) is 6.65. The van der Waals surface area contributed by atoms with Gasteiger partial charge in [-0.05, 0) is 37.1 Å². The number of hydrogen-bond donors (Lipinski definition) is 2. The highest BCUT2D eigenvalue weighted by Gasteiger charge is 2.35. The molecule has 26 heavy (non-hydrogen) atoms. The maximum atomic E-state index is 12.4. The fourth-order valence-corrected chi connectivity index (χ4v) is 4.25. The third-order valence-corrected chi connectivity index (χ3v) is 5.84. The molecule has 1 aromatic carbocycles. The summed E-state index contributed by atoms with van der Waals surface area (Å²) in [6.07, 6.45) is 4.72. The summed E-state index contributed by atoms with van der Waals surface area (Å²) in [5.41, 5.74) is 6.50. The number of fused-ring (bicyclic) bond motifs is 1. The Balaban J connectivity index is 0.00000196. The molecule has 2 heterocycles. The average Bonchev–Trinajstić information content (AvgIpc) is 3.26. The van der Waals surface area contributed by atoms with Crippen molar-refractivity contribution in [3.63, 3.8) is 0 Å². The second-order valence-corrected chi connectivity index (χ2v) is 7.68. The Morgan fingerprint density at radius 1 is 1.19 bits per heavy atom. The van der Waals surface area contributed by atoms with E-state index in [2.05, 4.69) is 10.3 Å². The quantitative estimate of drug-likeness (QED) is 0.696. The van der Waals surface area contributed by atoms with Gasteiger partial charge in [0.1, 0.15) is 5.76 Å². The Hall–Kier alpha value is -1.89. The van der Waals surface area contributed by atoms with Gasteiger partial charge in [-0.1, -0.05) is 31.4 Å². The van der Waals surface area contributed by atoms with Crippen molar-refractivity contribution in [3.8, 4) is 10.8 Å². The van der Waals surface area contributed by atoms with E-state index >= 15 is 0 Å². The lowest BCUT2D eigenvalue weighted by atomic mass is 9.82. The molecule has 7 heteroatoms. The molecule has 0 atom stereocenters. The minimum absolute atomic E-state index is 0. The van der Waals surface area contributed by atoms with Crippen LogP contribution in [0.5, 0.6) is 0 Å². The van der Waals surface area contributed by atoms with Gasteiger partial charge in [-0.2, -0.15) is 0 Å². The van der Waals surface area contributed by atoms with Gasteiger partial charge in [-0.3, -0.25) is 4.79 Å². The van der Waals surface area contributed by atoms with E-state index in [9.17, 15) is 4.79 Å². The number of aromatic nitrogens is 1. The largest absolute Gasteiger partial charge is 0.457 e. The molecule has 4 rings (SSSR count). The van der Waals surface area contributed by atoms with E-state index in [-0.39, 0.29) is 18.3 Å². The number of hydrogen-bond acceptors (Lipinski definition) is 5. The number of amides is 1. The number of thiazole rings is 1. The summed E-state index contributed by atoms with van der Waals surface area (Å²) in [7, 11) is 0. The zero-order chi connectivity index (χ0) is 17.3. The molecule has 0 unspecified atom stereocenters. The third kappa shape index (κ3) is 3.77. The van der Waals surface area contributed by atoms with Crippen molar-refractivity contribution >= 4 is 39.9 Å². The molecule has 2 aromatic heterocycles. The molecule has 3 N–H and O–H groups in total. The number of nitrogens with two attached hydrogens (primary N) is 1. The first-order valence-electron chi connectivity index (χ1n) is 8.66. The normalized spacial score (nSPS) is 16.2. The van der Waals surface area contributed by atoms with Crippen LogP contribution in [0.3, 0.4) is 0 Å². The Morgan fingerprint density at radius 2 is 1.96 bits per heavy atom. The van der Waals surface area contributed by atoms with Gasteiger partial charge in [0, 0.05) is 0 Å². The summed E-state index contributed by atoms with van der Waals surface area (Å²) in [6, 6.07) is 11.8. The third-order valence-electron chi connectivity index (χ3n) is 4.79. The molecule has 1 aliphatic rings. The van der Waals surface area contributed by atoms with Crippen LogP contribution in [0.2, 0.25) is 0 Å². The molecule has 5 nitrogen and oxygen atoms in total. The van der Waals surface area contributed by atoms with Gasteiger partial charge < -0.3 is 15.5 Å². The number of halogens is 1. The first kappa shape index (κ1) is 18.9. The predicted molar refractivity (Wildman–Crippen MR) is 106 cm³/mol. The SMILES string of the molecule is Cl.NC1(C(=O)NCc2ccc(-c3nc4ccccc4s3)o2)CCCCC1. The molecule has 1 amide bonds. The Labute approximate surface area is 162 Å². The van der Waals surface area contributed by atoms with Crippen LogP contribution in [-0.2, 0) is 11.3 Å². The summed E-state index contributed by atoms with van der Waals surface area (Å²) in [5.74, 6) is 1.36. The van der Waals surface area contributed by atoms with Gasteiger partial charge in [-0.15, -0.1) is 23.7 Å². The summed E-state index contributed by atoms with van der Waals surface area (Å²) in [5, 5.41) is 3.77. The lowest BCUT2D eigenvalue weighted by Gasteiger charge is -2.31. The van der Waals surface area contributed by atoms with Crippen LogP contribution in [0, 0.1) is 0 Å². The van der Waals surface area contributed by atoms with Gasteiger partial charge in [0.2, 0.25) is 5.91 Å². The lowest BCUT2D eigenvalue weighted by Crippen LogP contribution is -2.54. The smallest absolute Gasteiger partial charge is 0.240 e. The van der Waals surface area contributed by atoms with E-state index in [1.807, 2.05) is 36.4 Å². The molecule has 0 spiro atoms. The number of furan rings is 1. The van der Waals surface area contributed by atoms with Crippen molar-refractivity contribution in [2.45, 2.75) is 44.2 Å². The summed E-state index contributed by atoms with van der Waals surface area (Å²) in [4.78, 5) is 17.0. The van der Waals surface area contributed by atoms with Gasteiger partial charge in [0.05, 0.1) is 22.3 Å². The van der Waals surface area contributed by atoms with Gasteiger partial charge >= 0.3 is 0 Å². The molecular formula is C19H22ClN3O2S. The summed E-state index contributed by atoms with van der Waals surface area (Å²) in [6.45, 7) is 0.350. The fourth-order valence-electron chi connectivity index (χ4n) is 3.32. The molecule has 0 saturated heterocycles. The van der Waals surface area contributed by atoms with Crippen LogP contribution >= 0.6 is 23.7 Å². The van der Waals surface area contributed by atoms with Crippen molar-refractivity contribution in [2.24, 2.45) is 5.73 Å². The summed E-state index contributed by atoms with van der Waals surface area (Å²) >= 11 is 1.60. The zero-order valence-electron chi connectivity index (χ0n) is 14.4. The van der Waals surface area contributed by atoms with E-state index in [0.717, 1.165) is 53.1 Å². The minimum Gasteiger partial charge on any atom is -0.457 e. The lowest BCUT2D eigenvalue weighted by molar-refractivity contribution is -0.127. The maximum Gasteiger partial charge on any atom is 0.240 e. The Kier molecular flexibility index (Phi) is 5.65. The Bertz CT molecular complexity index is 866. The monoisotopic (exact) mass is 391 g/mol.